The second-order valence-electron chi connectivity index (χ2n) is 3.45. The molecule has 0 saturated carbocycles. The SMILES string of the molecule is COCc1nc(-c2cc(Br)c(Br)s2)oc1C(=O)OC. The van der Waals surface area contributed by atoms with E-state index in [0.717, 1.165) is 13.1 Å². The molecule has 5 nitrogen and oxygen atoms in total. The van der Waals surface area contributed by atoms with Gasteiger partial charge in [-0.1, -0.05) is 0 Å². The first kappa shape index (κ1) is 14.7. The Hall–Kier alpha value is -0.700. The molecule has 19 heavy (non-hydrogen) atoms. The molecule has 0 aliphatic rings. The molecule has 8 heteroatoms. The molecule has 2 aromatic rings. The van der Waals surface area contributed by atoms with E-state index in [1.165, 1.54) is 25.6 Å². The van der Waals surface area contributed by atoms with Crippen LogP contribution >= 0.6 is 43.2 Å². The molecule has 0 radical (unpaired) electrons. The molecule has 2 heterocycles. The lowest BCUT2D eigenvalue weighted by Gasteiger charge is -1.96. The second-order valence-corrected chi connectivity index (χ2v) is 6.68. The van der Waals surface area contributed by atoms with Crippen LogP contribution in [0.1, 0.15) is 16.2 Å². The molecule has 0 aromatic carbocycles. The largest absolute Gasteiger partial charge is 0.463 e. The Balaban J connectivity index is 2.44. The molecular weight excluding hydrogens is 402 g/mol. The van der Waals surface area contributed by atoms with Gasteiger partial charge in [0.1, 0.15) is 5.69 Å². The van der Waals surface area contributed by atoms with Crippen molar-refractivity contribution in [1.82, 2.24) is 4.98 Å². The smallest absolute Gasteiger partial charge is 0.376 e. The molecule has 0 saturated heterocycles. The second kappa shape index (κ2) is 6.17. The molecule has 0 amide bonds. The number of carbonyl (C=O) groups is 1. The number of esters is 1. The van der Waals surface area contributed by atoms with Crippen LogP contribution in [0.4, 0.5) is 0 Å². The number of hydrogen-bond donors (Lipinski definition) is 0. The van der Waals surface area contributed by atoms with E-state index in [2.05, 4.69) is 41.6 Å². The summed E-state index contributed by atoms with van der Waals surface area (Å²) in [6.07, 6.45) is 0. The summed E-state index contributed by atoms with van der Waals surface area (Å²) in [5.41, 5.74) is 0.421. The standard InChI is InChI=1S/C11H9Br2NO4S/c1-16-4-6-8(11(15)17-2)18-10(14-6)7-3-5(12)9(13)19-7/h3H,4H2,1-2H3. The van der Waals surface area contributed by atoms with Crippen molar-refractivity contribution in [2.45, 2.75) is 6.61 Å². The molecule has 0 fully saturated rings. The van der Waals surface area contributed by atoms with Crippen LogP contribution in [0.15, 0.2) is 18.7 Å². The highest BCUT2D eigenvalue weighted by Crippen LogP contribution is 2.38. The van der Waals surface area contributed by atoms with E-state index in [4.69, 9.17) is 9.15 Å². The number of hydrogen-bond acceptors (Lipinski definition) is 6. The lowest BCUT2D eigenvalue weighted by Crippen LogP contribution is -2.04. The predicted molar refractivity (Wildman–Crippen MR) is 77.3 cm³/mol. The fourth-order valence-corrected chi connectivity index (χ4v) is 3.36. The van der Waals surface area contributed by atoms with Gasteiger partial charge in [-0.2, -0.15) is 0 Å². The van der Waals surface area contributed by atoms with E-state index in [1.54, 1.807) is 0 Å². The maximum Gasteiger partial charge on any atom is 0.376 e. The summed E-state index contributed by atoms with van der Waals surface area (Å²) in [5, 5.41) is 0. The Morgan fingerprint density at radius 3 is 2.74 bits per heavy atom. The van der Waals surface area contributed by atoms with Crippen molar-refractivity contribution in [1.29, 1.82) is 0 Å². The third kappa shape index (κ3) is 3.07. The van der Waals surface area contributed by atoms with Crippen molar-refractivity contribution in [3.05, 3.63) is 25.8 Å². The molecule has 0 atom stereocenters. The molecule has 0 bridgehead atoms. The molecule has 102 valence electrons. The van der Waals surface area contributed by atoms with Crippen molar-refractivity contribution in [2.24, 2.45) is 0 Å². The lowest BCUT2D eigenvalue weighted by molar-refractivity contribution is 0.0559. The van der Waals surface area contributed by atoms with Crippen LogP contribution in [0, 0.1) is 0 Å². The molecule has 0 unspecified atom stereocenters. The van der Waals surface area contributed by atoms with E-state index in [-0.39, 0.29) is 12.4 Å². The Bertz CT molecular complexity index is 588. The Labute approximate surface area is 130 Å². The third-order valence-electron chi connectivity index (χ3n) is 2.21. The van der Waals surface area contributed by atoms with Crippen LogP contribution in [0.25, 0.3) is 10.8 Å². The van der Waals surface area contributed by atoms with Crippen LogP contribution in [0.3, 0.4) is 0 Å². The van der Waals surface area contributed by atoms with Crippen LogP contribution in [0.2, 0.25) is 0 Å². The molecule has 2 aromatic heterocycles. The first-order valence-corrected chi connectivity index (χ1v) is 7.49. The van der Waals surface area contributed by atoms with Gasteiger partial charge < -0.3 is 13.9 Å². The minimum atomic E-state index is -0.569. The zero-order valence-electron chi connectivity index (χ0n) is 10.0. The van der Waals surface area contributed by atoms with Crippen molar-refractivity contribution >= 4 is 49.2 Å². The predicted octanol–water partition coefficient (Wildman–Crippen LogP) is 3.86. The highest BCUT2D eigenvalue weighted by atomic mass is 79.9. The number of halogens is 2. The van der Waals surface area contributed by atoms with E-state index >= 15 is 0 Å². The van der Waals surface area contributed by atoms with Crippen molar-refractivity contribution in [3.8, 4) is 10.8 Å². The number of methoxy groups -OCH3 is 2. The van der Waals surface area contributed by atoms with Gasteiger partial charge in [-0.05, 0) is 37.9 Å². The molecule has 0 spiro atoms. The number of carbonyl (C=O) groups excluding carboxylic acids is 1. The third-order valence-corrected chi connectivity index (χ3v) is 5.45. The Morgan fingerprint density at radius 1 is 1.47 bits per heavy atom. The molecule has 0 aliphatic heterocycles. The monoisotopic (exact) mass is 409 g/mol. The summed E-state index contributed by atoms with van der Waals surface area (Å²) in [6.45, 7) is 0.182. The average Bonchev–Trinajstić information content (AvgIpc) is 2.94. The van der Waals surface area contributed by atoms with Crippen molar-refractivity contribution in [3.63, 3.8) is 0 Å². The zero-order chi connectivity index (χ0) is 14.0. The quantitative estimate of drug-likeness (QED) is 0.716. The summed E-state index contributed by atoms with van der Waals surface area (Å²) in [6, 6.07) is 1.86. The summed E-state index contributed by atoms with van der Waals surface area (Å²) >= 11 is 8.24. The van der Waals surface area contributed by atoms with E-state index in [9.17, 15) is 4.79 Å². The highest BCUT2D eigenvalue weighted by Gasteiger charge is 2.22. The fourth-order valence-electron chi connectivity index (χ4n) is 1.40. The van der Waals surface area contributed by atoms with Gasteiger partial charge in [0.2, 0.25) is 11.7 Å². The maximum absolute atomic E-state index is 11.6. The summed E-state index contributed by atoms with van der Waals surface area (Å²) in [4.78, 5) is 16.7. The van der Waals surface area contributed by atoms with Gasteiger partial charge in [0.25, 0.3) is 0 Å². The number of oxazole rings is 1. The fraction of sp³-hybridized carbons (Fsp3) is 0.273. The molecule has 2 rings (SSSR count). The van der Waals surface area contributed by atoms with Gasteiger partial charge in [-0.3, -0.25) is 0 Å². The van der Waals surface area contributed by atoms with Crippen molar-refractivity contribution < 1.29 is 18.7 Å². The van der Waals surface area contributed by atoms with Gasteiger partial charge in [0.05, 0.1) is 22.4 Å². The lowest BCUT2D eigenvalue weighted by atomic mass is 10.3. The van der Waals surface area contributed by atoms with Crippen molar-refractivity contribution in [2.75, 3.05) is 14.2 Å². The van der Waals surface area contributed by atoms with E-state index in [1.807, 2.05) is 6.07 Å². The first-order valence-electron chi connectivity index (χ1n) is 5.09. The first-order chi connectivity index (χ1) is 9.06. The number of thiophene rings is 1. The number of nitrogens with zero attached hydrogens (tertiary/aromatic N) is 1. The minimum absolute atomic E-state index is 0.0694. The molecule has 0 N–H and O–H groups in total. The number of ether oxygens (including phenoxy) is 2. The minimum Gasteiger partial charge on any atom is -0.463 e. The van der Waals surface area contributed by atoms with Gasteiger partial charge in [0.15, 0.2) is 0 Å². The maximum atomic E-state index is 11.6. The van der Waals surface area contributed by atoms with Gasteiger partial charge in [0, 0.05) is 11.6 Å². The van der Waals surface area contributed by atoms with Crippen LogP contribution < -0.4 is 0 Å². The zero-order valence-corrected chi connectivity index (χ0v) is 14.0. The van der Waals surface area contributed by atoms with E-state index in [0.29, 0.717) is 11.6 Å². The Morgan fingerprint density at radius 2 is 2.21 bits per heavy atom. The average molecular weight is 411 g/mol. The Kier molecular flexibility index (Phi) is 4.77. The highest BCUT2D eigenvalue weighted by molar-refractivity contribution is 9.13. The normalized spacial score (nSPS) is 10.7. The summed E-state index contributed by atoms with van der Waals surface area (Å²) < 4.78 is 17.0. The number of aromatic nitrogens is 1. The van der Waals surface area contributed by atoms with Gasteiger partial charge in [-0.25, -0.2) is 9.78 Å². The van der Waals surface area contributed by atoms with Gasteiger partial charge >= 0.3 is 5.97 Å². The summed E-state index contributed by atoms with van der Waals surface area (Å²) in [5.74, 6) is -0.135. The van der Waals surface area contributed by atoms with Crippen LogP contribution in [-0.2, 0) is 16.1 Å². The molecular formula is C11H9Br2NO4S. The number of rotatable bonds is 4. The van der Waals surface area contributed by atoms with Crippen LogP contribution in [0.5, 0.6) is 0 Å². The summed E-state index contributed by atoms with van der Waals surface area (Å²) in [7, 11) is 2.81. The topological polar surface area (TPSA) is 61.6 Å². The van der Waals surface area contributed by atoms with E-state index < -0.39 is 5.97 Å². The molecule has 0 aliphatic carbocycles. The van der Waals surface area contributed by atoms with Crippen LogP contribution in [-0.4, -0.2) is 25.2 Å². The van der Waals surface area contributed by atoms with Gasteiger partial charge in [-0.15, -0.1) is 11.3 Å².